The van der Waals surface area contributed by atoms with E-state index >= 15 is 0 Å². The third-order valence-corrected chi connectivity index (χ3v) is 0. The van der Waals surface area contributed by atoms with E-state index in [0.29, 0.717) is 0 Å². The fourth-order valence-corrected chi connectivity index (χ4v) is 0. The third kappa shape index (κ3) is 8.86. The molecule has 0 aliphatic heterocycles. The van der Waals surface area contributed by atoms with E-state index in [-0.39, 0.29) is 84.4 Å². The summed E-state index contributed by atoms with van der Waals surface area (Å²) in [4.78, 5) is 0. The Morgan fingerprint density at radius 3 is 1.25 bits per heavy atom. The van der Waals surface area contributed by atoms with Crippen molar-refractivity contribution in [3.63, 3.8) is 0 Å². The zero-order chi connectivity index (χ0) is 0. The zero-order valence-corrected chi connectivity index (χ0v) is 6.76. The molecular formula is H7CaClMgO. The fourth-order valence-electron chi connectivity index (χ4n) is 0. The van der Waals surface area contributed by atoms with Gasteiger partial charge in [-0.2, -0.15) is 0 Å². The van der Waals surface area contributed by atoms with Gasteiger partial charge in [0, 0.05) is 0 Å². The Kier molecular flexibility index (Phi) is 157. The van der Waals surface area contributed by atoms with E-state index in [4.69, 9.17) is 0 Å². The molecule has 0 aromatic carbocycles. The summed E-state index contributed by atoms with van der Waals surface area (Å²) >= 11 is 0. The van der Waals surface area contributed by atoms with Gasteiger partial charge >= 0.3 is 60.8 Å². The average Bonchev–Trinajstić information content (AvgIpc) is 0. The molecule has 0 bridgehead atoms. The van der Waals surface area contributed by atoms with E-state index in [1.807, 2.05) is 0 Å². The summed E-state index contributed by atoms with van der Waals surface area (Å²) in [5.74, 6) is 0. The second kappa shape index (κ2) is 18.6. The van der Waals surface area contributed by atoms with Gasteiger partial charge in [0.15, 0.2) is 0 Å². The number of hydrogen-bond acceptors (Lipinski definition) is 0. The largest absolute Gasteiger partial charge is 2.00 e. The molecule has 4 heavy (non-hydrogen) atoms. The Morgan fingerprint density at radius 2 is 1.25 bits per heavy atom. The normalized spacial score (nSPS) is 0. The zero-order valence-electron chi connectivity index (χ0n) is 6.32. The van der Waals surface area contributed by atoms with Crippen LogP contribution in [0, 0.1) is 0 Å². The Hall–Kier alpha value is 2.28. The summed E-state index contributed by atoms with van der Waals surface area (Å²) in [6, 6.07) is 0. The van der Waals surface area contributed by atoms with Crippen LogP contribution in [0.2, 0.25) is 0 Å². The van der Waals surface area contributed by atoms with Gasteiger partial charge in [-0.1, -0.05) is 0 Å². The Bertz CT molecular complexity index is 16.0. The van der Waals surface area contributed by atoms with Crippen molar-refractivity contribution in [3.05, 3.63) is 0 Å². The molecule has 2 N–H and O–H groups in total. The summed E-state index contributed by atoms with van der Waals surface area (Å²) in [7, 11) is 0. The van der Waals surface area contributed by atoms with E-state index < -0.39 is 0 Å². The first-order valence-corrected chi connectivity index (χ1v) is 0. The van der Waals surface area contributed by atoms with Crippen LogP contribution in [0.5, 0.6) is 0 Å². The van der Waals surface area contributed by atoms with Crippen LogP contribution in [0.25, 0.3) is 0 Å². The maximum absolute atomic E-state index is 0. The molecule has 0 atom stereocenters. The SMILES string of the molecule is Cl.O.[Ca+2].[H-].[H-].[H-].[H-].[Mg+2]. The predicted molar refractivity (Wildman–Crippen MR) is 26.8 cm³/mol. The molecule has 4 heteroatoms. The van der Waals surface area contributed by atoms with Crippen LogP contribution in [0.4, 0.5) is 0 Å². The second-order valence-electron chi connectivity index (χ2n) is 0. The van der Waals surface area contributed by atoms with Gasteiger partial charge in [-0.3, -0.25) is 0 Å². The minimum Gasteiger partial charge on any atom is -1.00 e. The Balaban J connectivity index is 0. The van der Waals surface area contributed by atoms with Gasteiger partial charge in [0.1, 0.15) is 0 Å². The van der Waals surface area contributed by atoms with Crippen molar-refractivity contribution in [1.82, 2.24) is 0 Å². The van der Waals surface area contributed by atoms with Crippen LogP contribution >= 0.6 is 12.4 Å². The number of rotatable bonds is 0. The Morgan fingerprint density at radius 1 is 1.25 bits per heavy atom. The quantitative estimate of drug-likeness (QED) is 0.381. The van der Waals surface area contributed by atoms with Gasteiger partial charge < -0.3 is 11.2 Å². The van der Waals surface area contributed by atoms with Crippen LogP contribution in [-0.4, -0.2) is 66.3 Å². The second-order valence-corrected chi connectivity index (χ2v) is 0. The molecule has 0 fully saturated rings. The molecule has 0 radical (unpaired) electrons. The van der Waals surface area contributed by atoms with Gasteiger partial charge in [-0.25, -0.2) is 0 Å². The molecule has 24 valence electrons. The molecule has 0 unspecified atom stereocenters. The monoisotopic (exact) mass is 122 g/mol. The summed E-state index contributed by atoms with van der Waals surface area (Å²) in [6.07, 6.45) is 0. The molecule has 0 aromatic rings. The molecule has 0 aliphatic rings. The summed E-state index contributed by atoms with van der Waals surface area (Å²) in [5.41, 5.74) is 0. The van der Waals surface area contributed by atoms with Crippen LogP contribution in [0.3, 0.4) is 0 Å². The summed E-state index contributed by atoms with van der Waals surface area (Å²) in [6.45, 7) is 0. The van der Waals surface area contributed by atoms with Gasteiger partial charge in [0.2, 0.25) is 0 Å². The summed E-state index contributed by atoms with van der Waals surface area (Å²) in [5, 5.41) is 0. The smallest absolute Gasteiger partial charge is 1.00 e. The molecular weight excluding hydrogens is 116 g/mol. The number of halogens is 1. The van der Waals surface area contributed by atoms with Gasteiger partial charge in [-0.15, -0.1) is 12.4 Å². The maximum atomic E-state index is 0. The third-order valence-electron chi connectivity index (χ3n) is 0. The molecule has 0 aromatic heterocycles. The molecule has 0 rings (SSSR count). The first-order chi connectivity index (χ1) is 0. The van der Waals surface area contributed by atoms with E-state index in [9.17, 15) is 0 Å². The van der Waals surface area contributed by atoms with Crippen molar-refractivity contribution in [1.29, 1.82) is 0 Å². The van der Waals surface area contributed by atoms with Crippen LogP contribution in [-0.2, 0) is 0 Å². The van der Waals surface area contributed by atoms with Gasteiger partial charge in [-0.05, 0) is 0 Å². The van der Waals surface area contributed by atoms with Crippen LogP contribution in [0.15, 0.2) is 0 Å². The van der Waals surface area contributed by atoms with Crippen LogP contribution in [0.1, 0.15) is 5.71 Å². The molecule has 0 saturated carbocycles. The van der Waals surface area contributed by atoms with Crippen molar-refractivity contribution in [2.45, 2.75) is 0 Å². The molecule has 0 amide bonds. The molecule has 0 saturated heterocycles. The van der Waals surface area contributed by atoms with Crippen LogP contribution < -0.4 is 0 Å². The van der Waals surface area contributed by atoms with Gasteiger partial charge in [0.05, 0.1) is 0 Å². The van der Waals surface area contributed by atoms with E-state index in [0.717, 1.165) is 0 Å². The minimum atomic E-state index is 0. The topological polar surface area (TPSA) is 31.5 Å². The first-order valence-electron chi connectivity index (χ1n) is 0. The van der Waals surface area contributed by atoms with Crippen molar-refractivity contribution in [3.8, 4) is 0 Å². The van der Waals surface area contributed by atoms with Crippen molar-refractivity contribution < 1.29 is 11.2 Å². The van der Waals surface area contributed by atoms with E-state index in [2.05, 4.69) is 0 Å². The van der Waals surface area contributed by atoms with Crippen molar-refractivity contribution in [2.24, 2.45) is 0 Å². The molecule has 0 spiro atoms. The number of hydrogen-bond donors (Lipinski definition) is 0. The standard InChI is InChI=1S/Ca.ClH.Mg.H2O.4H/h;1H;;1H2;;;;/q+2;;+2;;4*-1. The molecule has 1 nitrogen and oxygen atoms in total. The first kappa shape index (κ1) is 33.7. The predicted octanol–water partition coefficient (Wildman–Crippen LogP) is -0.715. The van der Waals surface area contributed by atoms with Crippen molar-refractivity contribution in [2.75, 3.05) is 0 Å². The van der Waals surface area contributed by atoms with E-state index in [1.165, 1.54) is 0 Å². The van der Waals surface area contributed by atoms with E-state index in [1.54, 1.807) is 0 Å². The molecule has 0 aliphatic carbocycles. The Labute approximate surface area is 83.3 Å². The minimum absolute atomic E-state index is 0. The average molecular weight is 123 g/mol. The fraction of sp³-hybridized carbons (Fsp3) is 0. The van der Waals surface area contributed by atoms with Crippen molar-refractivity contribution >= 4 is 73.2 Å². The summed E-state index contributed by atoms with van der Waals surface area (Å²) < 4.78 is 0. The maximum Gasteiger partial charge on any atom is 2.00 e. The van der Waals surface area contributed by atoms with Gasteiger partial charge in [0.25, 0.3) is 0 Å². The molecule has 0 heterocycles.